The predicted octanol–water partition coefficient (Wildman–Crippen LogP) is 2.82. The molecule has 1 aromatic heterocycles. The summed E-state index contributed by atoms with van der Waals surface area (Å²) in [5.41, 5.74) is 0.939. The van der Waals surface area contributed by atoms with Crippen molar-refractivity contribution < 1.29 is 0 Å². The third-order valence-electron chi connectivity index (χ3n) is 2.70. The topological polar surface area (TPSA) is 29.0 Å². The van der Waals surface area contributed by atoms with Gasteiger partial charge in [0.1, 0.15) is 5.15 Å². The Kier molecular flexibility index (Phi) is 3.41. The zero-order chi connectivity index (χ0) is 10.7. The Bertz CT molecular complexity index is 312. The van der Waals surface area contributed by atoms with Crippen molar-refractivity contribution in [2.75, 3.05) is 18.0 Å². The van der Waals surface area contributed by atoms with Crippen LogP contribution in [-0.4, -0.2) is 23.1 Å². The van der Waals surface area contributed by atoms with Gasteiger partial charge in [-0.25, -0.2) is 9.97 Å². The average molecular weight is 226 g/mol. The average Bonchev–Trinajstić information content (AvgIpc) is 2.43. The van der Waals surface area contributed by atoms with E-state index < -0.39 is 0 Å². The van der Waals surface area contributed by atoms with Crippen LogP contribution in [0.4, 0.5) is 5.95 Å². The van der Waals surface area contributed by atoms with Crippen LogP contribution in [0, 0.1) is 6.92 Å². The fraction of sp³-hybridized carbons (Fsp3) is 0.636. The highest BCUT2D eigenvalue weighted by Gasteiger charge is 2.12. The van der Waals surface area contributed by atoms with Gasteiger partial charge in [0.05, 0.1) is 0 Å². The lowest BCUT2D eigenvalue weighted by atomic mass is 10.2. The summed E-state index contributed by atoms with van der Waals surface area (Å²) in [7, 11) is 0. The third kappa shape index (κ3) is 2.81. The van der Waals surface area contributed by atoms with Crippen molar-refractivity contribution in [1.29, 1.82) is 0 Å². The minimum atomic E-state index is 0.543. The van der Waals surface area contributed by atoms with Crippen molar-refractivity contribution in [3.05, 3.63) is 16.9 Å². The molecule has 1 saturated heterocycles. The van der Waals surface area contributed by atoms with E-state index in [1.54, 1.807) is 6.07 Å². The first-order valence-corrected chi connectivity index (χ1v) is 5.89. The molecule has 1 aliphatic heterocycles. The van der Waals surface area contributed by atoms with E-state index in [2.05, 4.69) is 14.9 Å². The normalized spacial score (nSPS) is 17.6. The first-order valence-electron chi connectivity index (χ1n) is 5.52. The summed E-state index contributed by atoms with van der Waals surface area (Å²) < 4.78 is 0. The predicted molar refractivity (Wildman–Crippen MR) is 62.5 cm³/mol. The van der Waals surface area contributed by atoms with Gasteiger partial charge in [0.2, 0.25) is 5.95 Å². The molecule has 0 N–H and O–H groups in total. The van der Waals surface area contributed by atoms with E-state index in [4.69, 9.17) is 11.6 Å². The third-order valence-corrected chi connectivity index (χ3v) is 2.89. The number of hydrogen-bond acceptors (Lipinski definition) is 3. The Hall–Kier alpha value is -0.830. The van der Waals surface area contributed by atoms with Gasteiger partial charge in [-0.15, -0.1) is 0 Å². The molecule has 3 nitrogen and oxygen atoms in total. The standard InChI is InChI=1S/C11H16ClN3/c1-9-8-10(12)14-11(13-9)15-6-4-2-3-5-7-15/h8H,2-7H2,1H3. The zero-order valence-corrected chi connectivity index (χ0v) is 9.80. The van der Waals surface area contributed by atoms with Crippen LogP contribution in [0.2, 0.25) is 5.15 Å². The molecule has 0 bridgehead atoms. The summed E-state index contributed by atoms with van der Waals surface area (Å²) in [5.74, 6) is 0.793. The van der Waals surface area contributed by atoms with Gasteiger partial charge < -0.3 is 4.90 Å². The number of anilines is 1. The van der Waals surface area contributed by atoms with Gasteiger partial charge in [0, 0.05) is 18.8 Å². The molecular weight excluding hydrogens is 210 g/mol. The van der Waals surface area contributed by atoms with Crippen LogP contribution in [0.5, 0.6) is 0 Å². The summed E-state index contributed by atoms with van der Waals surface area (Å²) in [6.07, 6.45) is 5.09. The molecule has 2 rings (SSSR count). The van der Waals surface area contributed by atoms with Gasteiger partial charge in [-0.2, -0.15) is 0 Å². The van der Waals surface area contributed by atoms with Crippen LogP contribution < -0.4 is 4.90 Å². The van der Waals surface area contributed by atoms with Crippen LogP contribution in [0.1, 0.15) is 31.4 Å². The van der Waals surface area contributed by atoms with E-state index in [0.717, 1.165) is 24.7 Å². The summed E-state index contributed by atoms with van der Waals surface area (Å²) in [6, 6.07) is 1.79. The highest BCUT2D eigenvalue weighted by atomic mass is 35.5. The largest absolute Gasteiger partial charge is 0.341 e. The molecule has 1 fully saturated rings. The molecule has 0 unspecified atom stereocenters. The fourth-order valence-corrected chi connectivity index (χ4v) is 2.16. The molecule has 1 aromatic rings. The second-order valence-corrected chi connectivity index (χ2v) is 4.42. The maximum Gasteiger partial charge on any atom is 0.226 e. The Balaban J connectivity index is 2.19. The van der Waals surface area contributed by atoms with Crippen molar-refractivity contribution in [2.24, 2.45) is 0 Å². The number of nitrogens with zero attached hydrogens (tertiary/aromatic N) is 3. The minimum Gasteiger partial charge on any atom is -0.341 e. The van der Waals surface area contributed by atoms with Crippen LogP contribution in [0.15, 0.2) is 6.07 Å². The number of aryl methyl sites for hydroxylation is 1. The van der Waals surface area contributed by atoms with E-state index in [9.17, 15) is 0 Å². The second kappa shape index (κ2) is 4.79. The van der Waals surface area contributed by atoms with E-state index >= 15 is 0 Å². The zero-order valence-electron chi connectivity index (χ0n) is 9.04. The maximum atomic E-state index is 5.93. The molecule has 82 valence electrons. The van der Waals surface area contributed by atoms with Crippen molar-refractivity contribution in [3.63, 3.8) is 0 Å². The lowest BCUT2D eigenvalue weighted by Gasteiger charge is -2.20. The summed E-state index contributed by atoms with van der Waals surface area (Å²) in [5, 5.41) is 0.543. The van der Waals surface area contributed by atoms with Crippen LogP contribution >= 0.6 is 11.6 Å². The Labute approximate surface area is 95.5 Å². The monoisotopic (exact) mass is 225 g/mol. The van der Waals surface area contributed by atoms with Crippen molar-refractivity contribution >= 4 is 17.5 Å². The molecule has 0 spiro atoms. The minimum absolute atomic E-state index is 0.543. The Morgan fingerprint density at radius 1 is 1.13 bits per heavy atom. The first-order chi connectivity index (χ1) is 7.25. The van der Waals surface area contributed by atoms with Gasteiger partial charge in [-0.1, -0.05) is 24.4 Å². The van der Waals surface area contributed by atoms with E-state index in [0.29, 0.717) is 5.15 Å². The SMILES string of the molecule is Cc1cc(Cl)nc(N2CCCCCC2)n1. The van der Waals surface area contributed by atoms with Gasteiger partial charge >= 0.3 is 0 Å². The summed E-state index contributed by atoms with van der Waals surface area (Å²) in [4.78, 5) is 11.0. The van der Waals surface area contributed by atoms with E-state index in [1.165, 1.54) is 25.7 Å². The maximum absolute atomic E-state index is 5.93. The lowest BCUT2D eigenvalue weighted by Crippen LogP contribution is -2.26. The van der Waals surface area contributed by atoms with Crippen molar-refractivity contribution in [3.8, 4) is 0 Å². The molecule has 1 aliphatic rings. The van der Waals surface area contributed by atoms with Crippen molar-refractivity contribution in [1.82, 2.24) is 9.97 Å². The Morgan fingerprint density at radius 3 is 2.40 bits per heavy atom. The Morgan fingerprint density at radius 2 is 1.80 bits per heavy atom. The van der Waals surface area contributed by atoms with Crippen molar-refractivity contribution in [2.45, 2.75) is 32.6 Å². The van der Waals surface area contributed by atoms with Crippen LogP contribution in [-0.2, 0) is 0 Å². The summed E-state index contributed by atoms with van der Waals surface area (Å²) in [6.45, 7) is 4.06. The number of rotatable bonds is 1. The molecule has 0 atom stereocenters. The molecule has 2 heterocycles. The molecule has 4 heteroatoms. The fourth-order valence-electron chi connectivity index (χ4n) is 1.93. The smallest absolute Gasteiger partial charge is 0.226 e. The van der Waals surface area contributed by atoms with Gasteiger partial charge in [-0.3, -0.25) is 0 Å². The quantitative estimate of drug-likeness (QED) is 0.689. The lowest BCUT2D eigenvalue weighted by molar-refractivity contribution is 0.726. The van der Waals surface area contributed by atoms with Crippen LogP contribution in [0.3, 0.4) is 0 Å². The molecule has 0 radical (unpaired) electrons. The molecule has 0 saturated carbocycles. The van der Waals surface area contributed by atoms with Gasteiger partial charge in [0.15, 0.2) is 0 Å². The molecular formula is C11H16ClN3. The highest BCUT2D eigenvalue weighted by molar-refractivity contribution is 6.29. The molecule has 0 aliphatic carbocycles. The molecule has 0 aromatic carbocycles. The number of hydrogen-bond donors (Lipinski definition) is 0. The number of aromatic nitrogens is 2. The first kappa shape index (κ1) is 10.7. The molecule has 15 heavy (non-hydrogen) atoms. The van der Waals surface area contributed by atoms with Gasteiger partial charge in [0.25, 0.3) is 0 Å². The van der Waals surface area contributed by atoms with E-state index in [-0.39, 0.29) is 0 Å². The van der Waals surface area contributed by atoms with Crippen LogP contribution in [0.25, 0.3) is 0 Å². The summed E-state index contributed by atoms with van der Waals surface area (Å²) >= 11 is 5.93. The highest BCUT2D eigenvalue weighted by Crippen LogP contribution is 2.18. The molecule has 0 amide bonds. The van der Waals surface area contributed by atoms with E-state index in [1.807, 2.05) is 6.92 Å². The second-order valence-electron chi connectivity index (χ2n) is 4.03. The number of halogens is 1. The van der Waals surface area contributed by atoms with Gasteiger partial charge in [-0.05, 0) is 25.8 Å².